The summed E-state index contributed by atoms with van der Waals surface area (Å²) in [4.78, 5) is 18.5. The van der Waals surface area contributed by atoms with Crippen LogP contribution in [-0.4, -0.2) is 9.38 Å². The van der Waals surface area contributed by atoms with Crippen LogP contribution in [0.4, 0.5) is 0 Å². The van der Waals surface area contributed by atoms with Gasteiger partial charge in [-0.1, -0.05) is 46.7 Å². The molecule has 2 aromatic heterocycles. The van der Waals surface area contributed by atoms with Gasteiger partial charge in [-0.25, -0.2) is 9.38 Å². The Morgan fingerprint density at radius 2 is 1.82 bits per heavy atom. The minimum Gasteiger partial charge on any atom is -0.486 e. The topological polar surface area (TPSA) is 43.6 Å². The Labute approximate surface area is 212 Å². The van der Waals surface area contributed by atoms with Gasteiger partial charge in [0, 0.05) is 5.02 Å². The lowest BCUT2D eigenvalue weighted by molar-refractivity contribution is 0.304. The molecular weight excluding hydrogens is 543 g/mol. The van der Waals surface area contributed by atoms with Crippen LogP contribution in [-0.2, 0) is 6.61 Å². The Hall–Kier alpha value is -2.38. The van der Waals surface area contributed by atoms with Crippen LogP contribution in [0.3, 0.4) is 0 Å². The number of benzene rings is 3. The van der Waals surface area contributed by atoms with E-state index in [1.54, 1.807) is 10.5 Å². The maximum absolute atomic E-state index is 13.1. The van der Waals surface area contributed by atoms with Crippen molar-refractivity contribution in [1.82, 2.24) is 9.38 Å². The average Bonchev–Trinajstić information content (AvgIpc) is 3.25. The van der Waals surface area contributed by atoms with Gasteiger partial charge in [0.25, 0.3) is 5.56 Å². The Morgan fingerprint density at radius 3 is 2.55 bits per heavy atom. The zero-order valence-electron chi connectivity index (χ0n) is 17.7. The number of fused-ring (bicyclic) bond motifs is 3. The van der Waals surface area contributed by atoms with Gasteiger partial charge in [-0.15, -0.1) is 0 Å². The van der Waals surface area contributed by atoms with Crippen molar-refractivity contribution in [3.8, 4) is 5.75 Å². The number of aryl methyl sites for hydroxylation is 2. The first-order valence-electron chi connectivity index (χ1n) is 10.1. The minimum absolute atomic E-state index is 0.0870. The Bertz CT molecular complexity index is 1620. The smallest absolute Gasteiger partial charge is 0.274 e. The third-order valence-electron chi connectivity index (χ3n) is 5.47. The van der Waals surface area contributed by atoms with Crippen LogP contribution in [0, 0.1) is 13.8 Å². The highest BCUT2D eigenvalue weighted by molar-refractivity contribution is 9.10. The fourth-order valence-corrected chi connectivity index (χ4v) is 5.71. The van der Waals surface area contributed by atoms with Crippen molar-refractivity contribution in [2.45, 2.75) is 20.5 Å². The predicted octanol–water partition coefficient (Wildman–Crippen LogP) is 6.72. The van der Waals surface area contributed by atoms with Crippen LogP contribution in [0.5, 0.6) is 5.75 Å². The molecule has 0 bridgehead atoms. The van der Waals surface area contributed by atoms with E-state index < -0.39 is 0 Å². The number of hydrogen-bond donors (Lipinski definition) is 0. The third-order valence-corrected chi connectivity index (χ3v) is 7.56. The summed E-state index contributed by atoms with van der Waals surface area (Å²) in [7, 11) is 0. The van der Waals surface area contributed by atoms with Crippen molar-refractivity contribution in [2.75, 3.05) is 0 Å². The van der Waals surface area contributed by atoms with Gasteiger partial charge in [0.2, 0.25) is 0 Å². The molecule has 0 unspecified atom stereocenters. The maximum Gasteiger partial charge on any atom is 0.274 e. The van der Waals surface area contributed by atoms with Gasteiger partial charge in [0.05, 0.1) is 25.1 Å². The van der Waals surface area contributed by atoms with E-state index in [2.05, 4.69) is 20.9 Å². The largest absolute Gasteiger partial charge is 0.486 e. The first kappa shape index (κ1) is 22.4. The third kappa shape index (κ3) is 4.28. The van der Waals surface area contributed by atoms with E-state index >= 15 is 0 Å². The number of thiazole rings is 1. The molecule has 33 heavy (non-hydrogen) atoms. The van der Waals surface area contributed by atoms with Crippen molar-refractivity contribution in [3.05, 3.63) is 100 Å². The van der Waals surface area contributed by atoms with E-state index in [-0.39, 0.29) is 5.56 Å². The van der Waals surface area contributed by atoms with E-state index in [1.807, 2.05) is 62.4 Å². The van der Waals surface area contributed by atoms with Crippen molar-refractivity contribution >= 4 is 72.5 Å². The Kier molecular flexibility index (Phi) is 5.95. The summed E-state index contributed by atoms with van der Waals surface area (Å²) < 4.78 is 8.90. The predicted molar refractivity (Wildman–Crippen MR) is 140 cm³/mol. The molecule has 166 valence electrons. The van der Waals surface area contributed by atoms with Gasteiger partial charge >= 0.3 is 0 Å². The molecule has 0 saturated heterocycles. The summed E-state index contributed by atoms with van der Waals surface area (Å²) in [5.41, 5.74) is 5.64. The molecule has 0 fully saturated rings. The summed E-state index contributed by atoms with van der Waals surface area (Å²) in [6.45, 7) is 4.44. The fraction of sp³-hybridized carbons (Fsp3) is 0.120. The van der Waals surface area contributed by atoms with Crippen molar-refractivity contribution in [2.24, 2.45) is 0 Å². The van der Waals surface area contributed by atoms with E-state index in [0.717, 1.165) is 33.3 Å². The molecule has 4 nitrogen and oxygen atoms in total. The first-order chi connectivity index (χ1) is 15.8. The molecule has 0 aliphatic heterocycles. The van der Waals surface area contributed by atoms with Crippen molar-refractivity contribution in [3.63, 3.8) is 0 Å². The van der Waals surface area contributed by atoms with Crippen LogP contribution < -0.4 is 14.8 Å². The highest BCUT2D eigenvalue weighted by atomic mass is 79.9. The molecule has 5 aromatic rings. The number of imidazole rings is 1. The van der Waals surface area contributed by atoms with Crippen LogP contribution in [0.15, 0.2) is 57.8 Å². The SMILES string of the molecule is Cc1cc2nc3s/c(=C\c4cc(Cl)c(OCc5ccc(Cl)cc5)c(Br)c4)c(=O)n3c2cc1C. The molecule has 0 N–H and O–H groups in total. The van der Waals surface area contributed by atoms with Gasteiger partial charge in [-0.2, -0.15) is 0 Å². The second kappa shape index (κ2) is 8.76. The van der Waals surface area contributed by atoms with E-state index in [4.69, 9.17) is 27.9 Å². The lowest BCUT2D eigenvalue weighted by atomic mass is 10.1. The highest BCUT2D eigenvalue weighted by Gasteiger charge is 2.14. The summed E-state index contributed by atoms with van der Waals surface area (Å²) in [5, 5.41) is 1.13. The number of halogens is 3. The molecule has 0 spiro atoms. The second-order valence-corrected chi connectivity index (χ2v) is 10.5. The van der Waals surface area contributed by atoms with E-state index in [0.29, 0.717) is 36.4 Å². The minimum atomic E-state index is -0.0870. The molecular formula is C25H17BrCl2N2O2S. The molecule has 2 heterocycles. The molecule has 0 aliphatic rings. The van der Waals surface area contributed by atoms with E-state index in [1.165, 1.54) is 11.3 Å². The monoisotopic (exact) mass is 558 g/mol. The fourth-order valence-electron chi connectivity index (χ4n) is 3.61. The molecule has 0 amide bonds. The molecule has 0 aliphatic carbocycles. The Balaban J connectivity index is 1.50. The molecule has 3 aromatic carbocycles. The van der Waals surface area contributed by atoms with Gasteiger partial charge in [-0.05, 0) is 94.5 Å². The summed E-state index contributed by atoms with van der Waals surface area (Å²) in [5.74, 6) is 0.545. The normalized spacial score (nSPS) is 12.2. The Morgan fingerprint density at radius 1 is 1.09 bits per heavy atom. The maximum atomic E-state index is 13.1. The molecule has 0 radical (unpaired) electrons. The zero-order chi connectivity index (χ0) is 23.3. The molecule has 8 heteroatoms. The number of rotatable bonds is 4. The highest BCUT2D eigenvalue weighted by Crippen LogP contribution is 2.35. The quantitative estimate of drug-likeness (QED) is 0.245. The van der Waals surface area contributed by atoms with E-state index in [9.17, 15) is 4.79 Å². The standard InChI is InChI=1S/C25H17BrCl2N2O2S/c1-13-7-20-21(8-14(13)2)30-24(31)22(33-25(30)29-20)11-16-9-18(26)23(19(28)10-16)32-12-15-3-5-17(27)6-4-15/h3-11H,12H2,1-2H3/b22-11-. The zero-order valence-corrected chi connectivity index (χ0v) is 21.6. The van der Waals surface area contributed by atoms with Gasteiger partial charge < -0.3 is 4.74 Å². The number of aromatic nitrogens is 2. The molecule has 0 atom stereocenters. The van der Waals surface area contributed by atoms with Crippen LogP contribution in [0.2, 0.25) is 10.0 Å². The number of nitrogens with zero attached hydrogens (tertiary/aromatic N) is 2. The van der Waals surface area contributed by atoms with Gasteiger partial charge in [0.15, 0.2) is 10.7 Å². The number of hydrogen-bond acceptors (Lipinski definition) is 4. The van der Waals surface area contributed by atoms with Crippen molar-refractivity contribution in [1.29, 1.82) is 0 Å². The lowest BCUT2D eigenvalue weighted by Gasteiger charge is -2.11. The summed E-state index contributed by atoms with van der Waals surface area (Å²) in [6.07, 6.45) is 1.83. The van der Waals surface area contributed by atoms with Crippen LogP contribution >= 0.6 is 50.5 Å². The first-order valence-corrected chi connectivity index (χ1v) is 12.5. The second-order valence-electron chi connectivity index (χ2n) is 7.80. The van der Waals surface area contributed by atoms with Crippen molar-refractivity contribution < 1.29 is 4.74 Å². The van der Waals surface area contributed by atoms with Crippen LogP contribution in [0.25, 0.3) is 22.1 Å². The average molecular weight is 560 g/mol. The summed E-state index contributed by atoms with van der Waals surface area (Å²) >= 11 is 17.4. The molecule has 5 rings (SSSR count). The molecule has 0 saturated carbocycles. The van der Waals surface area contributed by atoms with Crippen LogP contribution in [0.1, 0.15) is 22.3 Å². The number of ether oxygens (including phenoxy) is 1. The summed E-state index contributed by atoms with van der Waals surface area (Å²) in [6, 6.07) is 15.2. The van der Waals surface area contributed by atoms with Gasteiger partial charge in [-0.3, -0.25) is 4.79 Å². The van der Waals surface area contributed by atoms with Gasteiger partial charge in [0.1, 0.15) is 6.61 Å². The lowest BCUT2D eigenvalue weighted by Crippen LogP contribution is -2.22.